The summed E-state index contributed by atoms with van der Waals surface area (Å²) in [5.41, 5.74) is 9.89. The molecule has 1 atom stereocenters. The van der Waals surface area contributed by atoms with Gasteiger partial charge in [0.25, 0.3) is 0 Å². The van der Waals surface area contributed by atoms with Crippen LogP contribution in [-0.2, 0) is 5.54 Å². The summed E-state index contributed by atoms with van der Waals surface area (Å²) in [6.45, 7) is 9.78. The van der Waals surface area contributed by atoms with E-state index in [-0.39, 0.29) is 0 Å². The maximum atomic E-state index is 5.81. The summed E-state index contributed by atoms with van der Waals surface area (Å²) in [4.78, 5) is 8.94. The predicted octanol–water partition coefficient (Wildman–Crippen LogP) is 3.90. The molecule has 3 heteroatoms. The number of rotatable bonds is 4. The largest absolute Gasteiger partial charge is 0.388 e. The second kappa shape index (κ2) is 6.50. The molecular weight excluding hydrogens is 282 g/mol. The van der Waals surface area contributed by atoms with Gasteiger partial charge in [-0.1, -0.05) is 24.6 Å². The van der Waals surface area contributed by atoms with E-state index in [4.69, 9.17) is 12.2 Å². The highest BCUT2D eigenvalue weighted by Gasteiger charge is 2.27. The molecule has 1 heterocycles. The summed E-state index contributed by atoms with van der Waals surface area (Å²) >= 11 is 0. The van der Waals surface area contributed by atoms with Crippen molar-refractivity contribution in [3.05, 3.63) is 66.0 Å². The smallest absolute Gasteiger partial charge is 0.107 e. The van der Waals surface area contributed by atoms with Crippen molar-refractivity contribution in [1.82, 2.24) is 4.98 Å². The molecule has 0 radical (unpaired) electrons. The molecular formula is C20H21N3. The van der Waals surface area contributed by atoms with Crippen LogP contribution in [0.2, 0.25) is 0 Å². The first-order valence-electron chi connectivity index (χ1n) is 7.37. The number of aliphatic imine (C=N–C) groups is 1. The zero-order valence-corrected chi connectivity index (χ0v) is 13.8. The van der Waals surface area contributed by atoms with Crippen molar-refractivity contribution in [2.45, 2.75) is 26.3 Å². The SMILES string of the molecule is C#Cc1cccc(-c2cncc(C(C)(N=C(C)N)C(=C)C)c2)c1. The van der Waals surface area contributed by atoms with Crippen LogP contribution in [0, 0.1) is 12.3 Å². The molecule has 2 aromatic rings. The Labute approximate surface area is 138 Å². The van der Waals surface area contributed by atoms with E-state index < -0.39 is 5.54 Å². The molecule has 0 spiro atoms. The molecule has 2 rings (SSSR count). The van der Waals surface area contributed by atoms with Crippen molar-refractivity contribution >= 4 is 5.84 Å². The molecule has 0 saturated heterocycles. The molecule has 2 N–H and O–H groups in total. The Morgan fingerprint density at radius 1 is 1.26 bits per heavy atom. The lowest BCUT2D eigenvalue weighted by Crippen LogP contribution is -2.24. The number of terminal acetylenes is 1. The number of nitrogens with zero attached hydrogens (tertiary/aromatic N) is 2. The molecule has 0 fully saturated rings. The van der Waals surface area contributed by atoms with Crippen molar-refractivity contribution < 1.29 is 0 Å². The highest BCUT2D eigenvalue weighted by molar-refractivity contribution is 5.78. The van der Waals surface area contributed by atoms with Crippen molar-refractivity contribution in [3.8, 4) is 23.5 Å². The fourth-order valence-corrected chi connectivity index (χ4v) is 2.41. The third-order valence-corrected chi connectivity index (χ3v) is 3.89. The average molecular weight is 303 g/mol. The molecule has 0 amide bonds. The monoisotopic (exact) mass is 303 g/mol. The van der Waals surface area contributed by atoms with Gasteiger partial charge >= 0.3 is 0 Å². The van der Waals surface area contributed by atoms with Crippen LogP contribution in [0.1, 0.15) is 31.9 Å². The zero-order valence-electron chi connectivity index (χ0n) is 13.8. The number of benzene rings is 1. The first kappa shape index (κ1) is 16.5. The van der Waals surface area contributed by atoms with Gasteiger partial charge in [-0.25, -0.2) is 0 Å². The van der Waals surface area contributed by atoms with Crippen LogP contribution in [0.5, 0.6) is 0 Å². The summed E-state index contributed by atoms with van der Waals surface area (Å²) in [7, 11) is 0. The minimum atomic E-state index is -0.606. The van der Waals surface area contributed by atoms with Crippen LogP contribution in [-0.4, -0.2) is 10.8 Å². The van der Waals surface area contributed by atoms with Gasteiger partial charge in [-0.3, -0.25) is 9.98 Å². The Hall–Kier alpha value is -2.86. The zero-order chi connectivity index (χ0) is 17.0. The summed E-state index contributed by atoms with van der Waals surface area (Å²) in [5.74, 6) is 3.16. The highest BCUT2D eigenvalue weighted by atomic mass is 14.9. The number of aromatic nitrogens is 1. The van der Waals surface area contributed by atoms with Crippen LogP contribution in [0.15, 0.2) is 59.9 Å². The summed E-state index contributed by atoms with van der Waals surface area (Å²) in [6, 6.07) is 9.88. The number of amidine groups is 1. The number of nitrogens with two attached hydrogens (primary N) is 1. The Balaban J connectivity index is 2.57. The quantitative estimate of drug-likeness (QED) is 0.403. The van der Waals surface area contributed by atoms with Crippen molar-refractivity contribution in [3.63, 3.8) is 0 Å². The molecule has 0 aliphatic carbocycles. The predicted molar refractivity (Wildman–Crippen MR) is 97.1 cm³/mol. The van der Waals surface area contributed by atoms with Crippen LogP contribution in [0.3, 0.4) is 0 Å². The van der Waals surface area contributed by atoms with Crippen LogP contribution >= 0.6 is 0 Å². The number of hydrogen-bond acceptors (Lipinski definition) is 2. The Bertz CT molecular complexity index is 808. The maximum absolute atomic E-state index is 5.81. The summed E-state index contributed by atoms with van der Waals surface area (Å²) < 4.78 is 0. The molecule has 116 valence electrons. The van der Waals surface area contributed by atoms with E-state index in [1.54, 1.807) is 13.1 Å². The second-order valence-electron chi connectivity index (χ2n) is 5.79. The van der Waals surface area contributed by atoms with Gasteiger partial charge in [0.05, 0.1) is 5.84 Å². The molecule has 1 aromatic heterocycles. The third-order valence-electron chi connectivity index (χ3n) is 3.89. The van der Waals surface area contributed by atoms with Gasteiger partial charge < -0.3 is 5.73 Å². The molecule has 1 aromatic carbocycles. The van der Waals surface area contributed by atoms with Gasteiger partial charge in [-0.2, -0.15) is 0 Å². The lowest BCUT2D eigenvalue weighted by molar-refractivity contribution is 0.589. The standard InChI is InChI=1S/C20H21N3/c1-6-16-8-7-9-17(10-16)18-11-19(13-22-12-18)20(5,14(2)3)23-15(4)21/h1,7-13H,2H2,3-5H3,(H2,21,23). The van der Waals surface area contributed by atoms with Crippen LogP contribution in [0.4, 0.5) is 0 Å². The summed E-state index contributed by atoms with van der Waals surface area (Å²) in [5, 5.41) is 0. The van der Waals surface area contributed by atoms with Gasteiger partial charge in [-0.15, -0.1) is 6.42 Å². The molecule has 0 aliphatic rings. The van der Waals surface area contributed by atoms with Crippen molar-refractivity contribution in [2.24, 2.45) is 10.7 Å². The van der Waals surface area contributed by atoms with Crippen molar-refractivity contribution in [1.29, 1.82) is 0 Å². The van der Waals surface area contributed by atoms with E-state index in [0.717, 1.165) is 27.8 Å². The van der Waals surface area contributed by atoms with E-state index in [1.165, 1.54) is 0 Å². The normalized spacial score (nSPS) is 13.9. The molecule has 0 aliphatic heterocycles. The molecule has 3 nitrogen and oxygen atoms in total. The summed E-state index contributed by atoms with van der Waals surface area (Å²) in [6.07, 6.45) is 9.10. The molecule has 0 saturated carbocycles. The van der Waals surface area contributed by atoms with Crippen LogP contribution in [0.25, 0.3) is 11.1 Å². The molecule has 0 bridgehead atoms. The Morgan fingerprint density at radius 2 is 2.00 bits per heavy atom. The van der Waals surface area contributed by atoms with Gasteiger partial charge in [0.15, 0.2) is 0 Å². The topological polar surface area (TPSA) is 51.3 Å². The average Bonchev–Trinajstić information content (AvgIpc) is 2.54. The Morgan fingerprint density at radius 3 is 2.61 bits per heavy atom. The van der Waals surface area contributed by atoms with E-state index in [1.807, 2.05) is 44.3 Å². The minimum Gasteiger partial charge on any atom is -0.388 e. The minimum absolute atomic E-state index is 0.509. The molecule has 23 heavy (non-hydrogen) atoms. The third kappa shape index (κ3) is 3.49. The number of hydrogen-bond donors (Lipinski definition) is 1. The lowest BCUT2D eigenvalue weighted by atomic mass is 9.86. The van der Waals surface area contributed by atoms with E-state index in [2.05, 4.69) is 28.5 Å². The first-order valence-corrected chi connectivity index (χ1v) is 7.37. The fraction of sp³-hybridized carbons (Fsp3) is 0.200. The second-order valence-corrected chi connectivity index (χ2v) is 5.79. The number of pyridine rings is 1. The van der Waals surface area contributed by atoms with E-state index in [9.17, 15) is 0 Å². The van der Waals surface area contributed by atoms with Crippen LogP contribution < -0.4 is 5.73 Å². The van der Waals surface area contributed by atoms with E-state index in [0.29, 0.717) is 5.84 Å². The lowest BCUT2D eigenvalue weighted by Gasteiger charge is -2.27. The van der Waals surface area contributed by atoms with Gasteiger partial charge in [-0.05, 0) is 50.1 Å². The maximum Gasteiger partial charge on any atom is 0.107 e. The van der Waals surface area contributed by atoms with Gasteiger partial charge in [0, 0.05) is 29.1 Å². The fourth-order valence-electron chi connectivity index (χ4n) is 2.41. The van der Waals surface area contributed by atoms with E-state index >= 15 is 0 Å². The first-order chi connectivity index (χ1) is 10.9. The van der Waals surface area contributed by atoms with Gasteiger partial charge in [0.1, 0.15) is 5.54 Å². The molecule has 1 unspecified atom stereocenters. The van der Waals surface area contributed by atoms with Crippen molar-refractivity contribution in [2.75, 3.05) is 0 Å². The highest BCUT2D eigenvalue weighted by Crippen LogP contribution is 2.34. The van der Waals surface area contributed by atoms with Gasteiger partial charge in [0.2, 0.25) is 0 Å². The Kier molecular flexibility index (Phi) is 4.66.